The average molecular weight is 528 g/mol. The largest absolute Gasteiger partial charge is 0.434 e. The molecule has 0 saturated carbocycles. The molecule has 0 aliphatic carbocycles. The number of benzene rings is 1. The molecule has 0 unspecified atom stereocenters. The van der Waals surface area contributed by atoms with Gasteiger partial charge in [-0.05, 0) is 25.0 Å². The monoisotopic (exact) mass is 528 g/mol. The van der Waals surface area contributed by atoms with Gasteiger partial charge < -0.3 is 20.3 Å². The SMILES string of the molecule is CN=C(NCc1c(F)cccc1OC(F)F)NC1CCN(C(=O)C(C)C)CC1.I. The van der Waals surface area contributed by atoms with E-state index in [2.05, 4.69) is 20.4 Å². The molecule has 1 aromatic rings. The van der Waals surface area contributed by atoms with Crippen LogP contribution in [0.15, 0.2) is 23.2 Å². The molecule has 0 radical (unpaired) electrons. The first-order chi connectivity index (χ1) is 13.3. The minimum Gasteiger partial charge on any atom is -0.434 e. The number of amides is 1. The fourth-order valence-corrected chi connectivity index (χ4v) is 3.09. The lowest BCUT2D eigenvalue weighted by Gasteiger charge is -2.34. The van der Waals surface area contributed by atoms with E-state index >= 15 is 0 Å². The molecule has 6 nitrogen and oxygen atoms in total. The lowest BCUT2D eigenvalue weighted by Crippen LogP contribution is -2.50. The zero-order chi connectivity index (χ0) is 20.7. The van der Waals surface area contributed by atoms with Crippen LogP contribution in [0.25, 0.3) is 0 Å². The quantitative estimate of drug-likeness (QED) is 0.338. The summed E-state index contributed by atoms with van der Waals surface area (Å²) >= 11 is 0. The summed E-state index contributed by atoms with van der Waals surface area (Å²) < 4.78 is 43.5. The Morgan fingerprint density at radius 3 is 2.52 bits per heavy atom. The molecule has 1 aliphatic heterocycles. The molecule has 1 saturated heterocycles. The predicted molar refractivity (Wildman–Crippen MR) is 116 cm³/mol. The average Bonchev–Trinajstić information content (AvgIpc) is 2.66. The van der Waals surface area contributed by atoms with Crippen molar-refractivity contribution in [2.75, 3.05) is 20.1 Å². The molecule has 1 aromatic carbocycles. The lowest BCUT2D eigenvalue weighted by atomic mass is 10.0. The molecule has 0 aromatic heterocycles. The molecule has 2 rings (SSSR count). The number of nitrogens with one attached hydrogen (secondary N) is 2. The van der Waals surface area contributed by atoms with Crippen molar-refractivity contribution in [3.63, 3.8) is 0 Å². The molecule has 2 N–H and O–H groups in total. The minimum atomic E-state index is -3.03. The molecule has 1 fully saturated rings. The van der Waals surface area contributed by atoms with E-state index < -0.39 is 12.4 Å². The molecule has 0 spiro atoms. The maximum absolute atomic E-state index is 14.0. The van der Waals surface area contributed by atoms with Gasteiger partial charge in [0, 0.05) is 44.2 Å². The maximum atomic E-state index is 14.0. The van der Waals surface area contributed by atoms with Crippen molar-refractivity contribution in [1.29, 1.82) is 0 Å². The summed E-state index contributed by atoms with van der Waals surface area (Å²) in [5, 5.41) is 6.17. The topological polar surface area (TPSA) is 66.0 Å². The zero-order valence-corrected chi connectivity index (χ0v) is 19.1. The Bertz CT molecular complexity index is 696. The number of aliphatic imine (C=N–C) groups is 1. The third-order valence-corrected chi connectivity index (χ3v) is 4.59. The van der Waals surface area contributed by atoms with Crippen molar-refractivity contribution < 1.29 is 22.7 Å². The Labute approximate surface area is 186 Å². The van der Waals surface area contributed by atoms with Crippen LogP contribution in [0.5, 0.6) is 5.75 Å². The number of halogens is 4. The number of ether oxygens (including phenoxy) is 1. The summed E-state index contributed by atoms with van der Waals surface area (Å²) in [4.78, 5) is 18.0. The molecule has 29 heavy (non-hydrogen) atoms. The molecule has 10 heteroatoms. The molecule has 1 amide bonds. The van der Waals surface area contributed by atoms with Crippen LogP contribution >= 0.6 is 24.0 Å². The normalized spacial score (nSPS) is 15.3. The van der Waals surface area contributed by atoms with Gasteiger partial charge in [0.1, 0.15) is 11.6 Å². The molecule has 0 atom stereocenters. The Balaban J connectivity index is 0.00000420. The first-order valence-electron chi connectivity index (χ1n) is 9.30. The van der Waals surface area contributed by atoms with E-state index in [0.29, 0.717) is 19.0 Å². The maximum Gasteiger partial charge on any atom is 0.387 e. The number of likely N-dealkylation sites (tertiary alicyclic amines) is 1. The minimum absolute atomic E-state index is 0. The summed E-state index contributed by atoms with van der Waals surface area (Å²) in [5.41, 5.74) is 0.00287. The van der Waals surface area contributed by atoms with Gasteiger partial charge in [0.05, 0.1) is 0 Å². The van der Waals surface area contributed by atoms with Crippen molar-refractivity contribution in [3.8, 4) is 5.75 Å². The van der Waals surface area contributed by atoms with Crippen molar-refractivity contribution in [2.45, 2.75) is 45.9 Å². The second-order valence-corrected chi connectivity index (χ2v) is 6.92. The summed E-state index contributed by atoms with van der Waals surface area (Å²) in [6.45, 7) is 1.99. The number of rotatable bonds is 6. The number of piperidine rings is 1. The van der Waals surface area contributed by atoms with Gasteiger partial charge in [0.2, 0.25) is 5.91 Å². The fraction of sp³-hybridized carbons (Fsp3) is 0.579. The second-order valence-electron chi connectivity index (χ2n) is 6.92. The lowest BCUT2D eigenvalue weighted by molar-refractivity contribution is -0.135. The zero-order valence-electron chi connectivity index (χ0n) is 16.8. The summed E-state index contributed by atoms with van der Waals surface area (Å²) in [5.74, 6) is -0.295. The number of hydrogen-bond donors (Lipinski definition) is 2. The van der Waals surface area contributed by atoms with Crippen molar-refractivity contribution in [3.05, 3.63) is 29.6 Å². The van der Waals surface area contributed by atoms with Crippen LogP contribution in [0.3, 0.4) is 0 Å². The van der Waals surface area contributed by atoms with Crippen LogP contribution < -0.4 is 15.4 Å². The molecule has 1 heterocycles. The highest BCUT2D eigenvalue weighted by atomic mass is 127. The number of carbonyl (C=O) groups excluding carboxylic acids is 1. The van der Waals surface area contributed by atoms with Gasteiger partial charge in [-0.25, -0.2) is 4.39 Å². The van der Waals surface area contributed by atoms with Crippen LogP contribution in [-0.4, -0.2) is 49.6 Å². The first-order valence-corrected chi connectivity index (χ1v) is 9.30. The summed E-state index contributed by atoms with van der Waals surface area (Å²) in [6.07, 6.45) is 1.53. The predicted octanol–water partition coefficient (Wildman–Crippen LogP) is 3.36. The van der Waals surface area contributed by atoms with E-state index in [1.54, 1.807) is 7.05 Å². The van der Waals surface area contributed by atoms with E-state index in [-0.39, 0.29) is 59.7 Å². The molecular weight excluding hydrogens is 500 g/mol. The van der Waals surface area contributed by atoms with E-state index in [0.717, 1.165) is 12.8 Å². The van der Waals surface area contributed by atoms with E-state index in [4.69, 9.17) is 0 Å². The highest BCUT2D eigenvalue weighted by Gasteiger charge is 2.24. The van der Waals surface area contributed by atoms with Gasteiger partial charge in [-0.2, -0.15) is 8.78 Å². The number of nitrogens with zero attached hydrogens (tertiary/aromatic N) is 2. The first kappa shape index (κ1) is 25.3. The van der Waals surface area contributed by atoms with E-state index in [9.17, 15) is 18.0 Å². The fourth-order valence-electron chi connectivity index (χ4n) is 3.09. The molecule has 164 valence electrons. The van der Waals surface area contributed by atoms with Gasteiger partial charge in [-0.15, -0.1) is 24.0 Å². The number of hydrogen-bond acceptors (Lipinski definition) is 3. The van der Waals surface area contributed by atoms with Crippen molar-refractivity contribution >= 4 is 35.8 Å². The Kier molecular flexibility index (Phi) is 10.5. The smallest absolute Gasteiger partial charge is 0.387 e. The van der Waals surface area contributed by atoms with Gasteiger partial charge in [-0.1, -0.05) is 19.9 Å². The summed E-state index contributed by atoms with van der Waals surface area (Å²) in [6, 6.07) is 3.91. The van der Waals surface area contributed by atoms with Crippen molar-refractivity contribution in [1.82, 2.24) is 15.5 Å². The number of carbonyl (C=O) groups is 1. The second kappa shape index (κ2) is 12.1. The van der Waals surface area contributed by atoms with Gasteiger partial charge in [0.25, 0.3) is 0 Å². The van der Waals surface area contributed by atoms with Crippen LogP contribution in [-0.2, 0) is 11.3 Å². The third-order valence-electron chi connectivity index (χ3n) is 4.59. The molecule has 0 bridgehead atoms. The number of guanidine groups is 1. The van der Waals surface area contributed by atoms with E-state index in [1.165, 1.54) is 18.2 Å². The van der Waals surface area contributed by atoms with Crippen LogP contribution in [0, 0.1) is 11.7 Å². The standard InChI is InChI=1S/C19H27F3N4O2.HI/c1-12(2)17(27)26-9-7-13(8-10-26)25-19(23-3)24-11-14-15(20)5-4-6-16(14)28-18(21)22;/h4-6,12-13,18H,7-11H2,1-3H3,(H2,23,24,25);1H. The highest BCUT2D eigenvalue weighted by Crippen LogP contribution is 2.23. The Hall–Kier alpha value is -1.72. The van der Waals surface area contributed by atoms with Gasteiger partial charge in [-0.3, -0.25) is 9.79 Å². The van der Waals surface area contributed by atoms with Gasteiger partial charge in [0.15, 0.2) is 5.96 Å². The summed E-state index contributed by atoms with van der Waals surface area (Å²) in [7, 11) is 1.57. The van der Waals surface area contributed by atoms with Gasteiger partial charge >= 0.3 is 6.61 Å². The van der Waals surface area contributed by atoms with Crippen LogP contribution in [0.1, 0.15) is 32.3 Å². The highest BCUT2D eigenvalue weighted by molar-refractivity contribution is 14.0. The third kappa shape index (κ3) is 7.56. The van der Waals surface area contributed by atoms with Crippen LogP contribution in [0.4, 0.5) is 13.2 Å². The number of alkyl halides is 2. The molecular formula is C19H28F3IN4O2. The van der Waals surface area contributed by atoms with Crippen molar-refractivity contribution in [2.24, 2.45) is 10.9 Å². The van der Waals surface area contributed by atoms with Crippen LogP contribution in [0.2, 0.25) is 0 Å². The Morgan fingerprint density at radius 2 is 1.97 bits per heavy atom. The Morgan fingerprint density at radius 1 is 1.31 bits per heavy atom. The van der Waals surface area contributed by atoms with E-state index in [1.807, 2.05) is 18.7 Å². The molecule has 1 aliphatic rings.